The van der Waals surface area contributed by atoms with Crippen LogP contribution in [-0.4, -0.2) is 38.8 Å². The zero-order valence-corrected chi connectivity index (χ0v) is 16.0. The number of hydrogen-bond acceptors (Lipinski definition) is 2. The van der Waals surface area contributed by atoms with Crippen molar-refractivity contribution in [3.63, 3.8) is 0 Å². The molecule has 1 atom stereocenters. The Hall–Kier alpha value is -0.0400. The van der Waals surface area contributed by atoms with Gasteiger partial charge in [-0.1, -0.05) is 13.8 Å². The molecule has 20 heavy (non-hydrogen) atoms. The zero-order valence-electron chi connectivity index (χ0n) is 13.7. The smallest absolute Gasteiger partial charge is 0.191 e. The highest BCUT2D eigenvalue weighted by atomic mass is 127. The minimum Gasteiger partial charge on any atom is -0.382 e. The second-order valence-electron chi connectivity index (χ2n) is 6.05. The highest BCUT2D eigenvalue weighted by molar-refractivity contribution is 14.0. The molecule has 120 valence electrons. The molecule has 1 rings (SSSR count). The van der Waals surface area contributed by atoms with Gasteiger partial charge in [-0.25, -0.2) is 0 Å². The van der Waals surface area contributed by atoms with E-state index in [1.54, 1.807) is 0 Å². The van der Waals surface area contributed by atoms with E-state index < -0.39 is 0 Å². The molecule has 1 aliphatic carbocycles. The van der Waals surface area contributed by atoms with E-state index in [0.717, 1.165) is 32.1 Å². The van der Waals surface area contributed by atoms with Gasteiger partial charge in [-0.15, -0.1) is 24.0 Å². The second kappa shape index (κ2) is 9.82. The van der Waals surface area contributed by atoms with Gasteiger partial charge in [-0.3, -0.25) is 4.99 Å². The van der Waals surface area contributed by atoms with Crippen molar-refractivity contribution < 1.29 is 4.74 Å². The highest BCUT2D eigenvalue weighted by Crippen LogP contribution is 2.48. The Morgan fingerprint density at radius 3 is 2.40 bits per heavy atom. The number of nitrogens with zero attached hydrogens (tertiary/aromatic N) is 1. The van der Waals surface area contributed by atoms with Gasteiger partial charge in [0.15, 0.2) is 5.96 Å². The quantitative estimate of drug-likeness (QED) is 0.287. The van der Waals surface area contributed by atoms with Crippen LogP contribution in [0.1, 0.15) is 47.0 Å². The van der Waals surface area contributed by atoms with Crippen LogP contribution in [0.2, 0.25) is 0 Å². The molecule has 1 aliphatic rings. The molecule has 0 saturated heterocycles. The second-order valence-corrected chi connectivity index (χ2v) is 6.05. The molecular formula is C15H32IN3O. The lowest BCUT2D eigenvalue weighted by Crippen LogP contribution is -2.46. The van der Waals surface area contributed by atoms with Crippen molar-refractivity contribution in [1.82, 2.24) is 10.6 Å². The predicted octanol–water partition coefficient (Wildman–Crippen LogP) is 3.02. The summed E-state index contributed by atoms with van der Waals surface area (Å²) >= 11 is 0. The maximum Gasteiger partial charge on any atom is 0.191 e. The van der Waals surface area contributed by atoms with Crippen molar-refractivity contribution in [2.75, 3.05) is 26.8 Å². The van der Waals surface area contributed by atoms with E-state index in [4.69, 9.17) is 4.74 Å². The van der Waals surface area contributed by atoms with E-state index in [-0.39, 0.29) is 24.0 Å². The van der Waals surface area contributed by atoms with Gasteiger partial charge in [0.1, 0.15) is 0 Å². The first-order valence-electron chi connectivity index (χ1n) is 7.58. The molecular weight excluding hydrogens is 365 g/mol. The number of nitrogens with one attached hydrogen (secondary N) is 2. The van der Waals surface area contributed by atoms with Gasteiger partial charge in [0.2, 0.25) is 0 Å². The molecule has 0 aromatic rings. The fraction of sp³-hybridized carbons (Fsp3) is 0.933. The first-order valence-corrected chi connectivity index (χ1v) is 7.58. The van der Waals surface area contributed by atoms with Gasteiger partial charge in [0, 0.05) is 32.8 Å². The molecule has 4 nitrogen and oxygen atoms in total. The predicted molar refractivity (Wildman–Crippen MR) is 97.0 cm³/mol. The highest BCUT2D eigenvalue weighted by Gasteiger charge is 2.41. The van der Waals surface area contributed by atoms with Crippen LogP contribution in [-0.2, 0) is 4.74 Å². The normalized spacial score (nSPS) is 18.4. The minimum absolute atomic E-state index is 0. The third kappa shape index (κ3) is 7.11. The minimum atomic E-state index is 0. The number of guanidine groups is 1. The van der Waals surface area contributed by atoms with Crippen LogP contribution in [0.3, 0.4) is 0 Å². The molecule has 0 radical (unpaired) electrons. The van der Waals surface area contributed by atoms with Gasteiger partial charge in [-0.05, 0) is 44.4 Å². The van der Waals surface area contributed by atoms with Crippen molar-refractivity contribution in [3.8, 4) is 0 Å². The summed E-state index contributed by atoms with van der Waals surface area (Å²) in [6.07, 6.45) is 3.78. The number of hydrogen-bond donors (Lipinski definition) is 2. The summed E-state index contributed by atoms with van der Waals surface area (Å²) in [7, 11) is 1.84. The third-order valence-corrected chi connectivity index (χ3v) is 4.16. The first kappa shape index (κ1) is 20.0. The molecule has 1 unspecified atom stereocenters. The number of rotatable bonds is 8. The number of aliphatic imine (C=N–C) groups is 1. The van der Waals surface area contributed by atoms with Crippen LogP contribution < -0.4 is 10.6 Å². The molecule has 0 aliphatic heterocycles. The largest absolute Gasteiger partial charge is 0.382 e. The van der Waals surface area contributed by atoms with Crippen LogP contribution >= 0.6 is 24.0 Å². The molecule has 0 amide bonds. The molecule has 0 bridgehead atoms. The van der Waals surface area contributed by atoms with E-state index in [1.807, 2.05) is 7.05 Å². The lowest BCUT2D eigenvalue weighted by Gasteiger charge is -2.23. The monoisotopic (exact) mass is 397 g/mol. The van der Waals surface area contributed by atoms with Gasteiger partial charge >= 0.3 is 0 Å². The van der Waals surface area contributed by atoms with Crippen LogP contribution in [0.4, 0.5) is 0 Å². The molecule has 2 N–H and O–H groups in total. The molecule has 1 fully saturated rings. The van der Waals surface area contributed by atoms with Crippen LogP contribution in [0.5, 0.6) is 0 Å². The summed E-state index contributed by atoms with van der Waals surface area (Å²) in [4.78, 5) is 4.30. The Kier molecular flexibility index (Phi) is 9.80. The van der Waals surface area contributed by atoms with Crippen LogP contribution in [0.25, 0.3) is 0 Å². The summed E-state index contributed by atoms with van der Waals surface area (Å²) in [5.41, 5.74) is 0.452. The maximum atomic E-state index is 5.46. The van der Waals surface area contributed by atoms with Crippen molar-refractivity contribution in [2.24, 2.45) is 16.3 Å². The van der Waals surface area contributed by atoms with E-state index in [1.165, 1.54) is 12.8 Å². The Morgan fingerprint density at radius 2 is 1.95 bits per heavy atom. The van der Waals surface area contributed by atoms with E-state index in [9.17, 15) is 0 Å². The summed E-state index contributed by atoms with van der Waals surface area (Å²) in [5.74, 6) is 1.52. The van der Waals surface area contributed by atoms with Gasteiger partial charge in [-0.2, -0.15) is 0 Å². The molecule has 0 heterocycles. The zero-order chi connectivity index (χ0) is 14.3. The van der Waals surface area contributed by atoms with Crippen molar-refractivity contribution in [2.45, 2.75) is 53.0 Å². The van der Waals surface area contributed by atoms with Crippen molar-refractivity contribution >= 4 is 29.9 Å². The summed E-state index contributed by atoms with van der Waals surface area (Å²) in [6.45, 7) is 11.4. The van der Waals surface area contributed by atoms with E-state index in [2.05, 4.69) is 43.3 Å². The number of ether oxygens (including phenoxy) is 1. The fourth-order valence-corrected chi connectivity index (χ4v) is 1.97. The molecule has 1 saturated carbocycles. The topological polar surface area (TPSA) is 45.6 Å². The van der Waals surface area contributed by atoms with Crippen molar-refractivity contribution in [1.29, 1.82) is 0 Å². The number of halogens is 1. The Bertz CT molecular complexity index is 291. The average Bonchev–Trinajstić information content (AvgIpc) is 3.15. The van der Waals surface area contributed by atoms with E-state index in [0.29, 0.717) is 17.4 Å². The maximum absolute atomic E-state index is 5.46. The summed E-state index contributed by atoms with van der Waals surface area (Å²) in [6, 6.07) is 0.435. The van der Waals surface area contributed by atoms with Gasteiger partial charge in [0.05, 0.1) is 0 Å². The standard InChI is InChI=1S/C15H31N3O.HI/c1-6-19-10-9-15(7-8-15)11-17-14(16-5)18-13(4)12(2)3;/h12-13H,6-11H2,1-5H3,(H2,16,17,18);1H. The average molecular weight is 397 g/mol. The van der Waals surface area contributed by atoms with Crippen LogP contribution in [0.15, 0.2) is 4.99 Å². The Balaban J connectivity index is 0.00000361. The van der Waals surface area contributed by atoms with Gasteiger partial charge in [0.25, 0.3) is 0 Å². The van der Waals surface area contributed by atoms with E-state index >= 15 is 0 Å². The van der Waals surface area contributed by atoms with Gasteiger partial charge < -0.3 is 15.4 Å². The molecule has 0 spiro atoms. The first-order chi connectivity index (χ1) is 9.03. The van der Waals surface area contributed by atoms with Crippen LogP contribution in [0, 0.1) is 11.3 Å². The van der Waals surface area contributed by atoms with Crippen molar-refractivity contribution in [3.05, 3.63) is 0 Å². The summed E-state index contributed by atoms with van der Waals surface area (Å²) < 4.78 is 5.46. The Morgan fingerprint density at radius 1 is 1.30 bits per heavy atom. The third-order valence-electron chi connectivity index (χ3n) is 4.16. The summed E-state index contributed by atoms with van der Waals surface area (Å²) in [5, 5.41) is 6.91. The molecule has 0 aromatic heterocycles. The molecule has 5 heteroatoms. The molecule has 0 aromatic carbocycles. The lowest BCUT2D eigenvalue weighted by atomic mass is 10.0. The Labute approximate surface area is 141 Å². The lowest BCUT2D eigenvalue weighted by molar-refractivity contribution is 0.128. The SMILES string of the molecule is CCOCCC1(CNC(=NC)NC(C)C(C)C)CC1.I. The fourth-order valence-electron chi connectivity index (χ4n) is 1.97.